The van der Waals surface area contributed by atoms with Crippen LogP contribution in [-0.4, -0.2) is 47.1 Å². The van der Waals surface area contributed by atoms with Crippen LogP contribution in [0.25, 0.3) is 0 Å². The van der Waals surface area contributed by atoms with Gasteiger partial charge in [-0.1, -0.05) is 52.4 Å². The molecule has 30 heavy (non-hydrogen) atoms. The molecule has 0 saturated heterocycles. The van der Waals surface area contributed by atoms with E-state index >= 15 is 0 Å². The van der Waals surface area contributed by atoms with Gasteiger partial charge in [-0.3, -0.25) is 9.59 Å². The molecule has 1 aromatic carbocycles. The number of aromatic carboxylic acids is 2. The molecule has 0 aliphatic carbocycles. The first-order chi connectivity index (χ1) is 14.3. The Balaban J connectivity index is 3.10. The molecule has 8 nitrogen and oxygen atoms in total. The van der Waals surface area contributed by atoms with E-state index in [0.717, 1.165) is 63.5 Å². The molecule has 1 rings (SSSR count). The van der Waals surface area contributed by atoms with Gasteiger partial charge >= 0.3 is 11.9 Å². The molecular weight excluding hydrogens is 388 g/mol. The number of carbonyl (C=O) groups is 4. The quantitative estimate of drug-likeness (QED) is 0.339. The van der Waals surface area contributed by atoms with Crippen LogP contribution in [0.4, 0.5) is 0 Å². The summed E-state index contributed by atoms with van der Waals surface area (Å²) in [5.41, 5.74) is -1.34. The van der Waals surface area contributed by atoms with Gasteiger partial charge < -0.3 is 20.8 Å². The topological polar surface area (TPSA) is 133 Å². The first kappa shape index (κ1) is 25.1. The Morgan fingerprint density at radius 2 is 1.00 bits per heavy atom. The summed E-state index contributed by atoms with van der Waals surface area (Å²) in [6.07, 6.45) is 7.59. The fourth-order valence-corrected chi connectivity index (χ4v) is 3.03. The number of hydrogen-bond donors (Lipinski definition) is 4. The zero-order chi connectivity index (χ0) is 22.5. The molecule has 1 aromatic rings. The highest BCUT2D eigenvalue weighted by atomic mass is 16.4. The second-order valence-electron chi connectivity index (χ2n) is 7.19. The number of carboxylic acid groups (broad SMARTS) is 2. The van der Waals surface area contributed by atoms with Crippen molar-refractivity contribution >= 4 is 23.8 Å². The van der Waals surface area contributed by atoms with Gasteiger partial charge in [-0.2, -0.15) is 0 Å². The maximum atomic E-state index is 12.6. The van der Waals surface area contributed by atoms with Crippen molar-refractivity contribution in [1.29, 1.82) is 0 Å². The van der Waals surface area contributed by atoms with Crippen molar-refractivity contribution in [3.05, 3.63) is 34.4 Å². The third kappa shape index (κ3) is 7.85. The lowest BCUT2D eigenvalue weighted by Crippen LogP contribution is -2.31. The van der Waals surface area contributed by atoms with Gasteiger partial charge in [0, 0.05) is 13.1 Å². The third-order valence-corrected chi connectivity index (χ3v) is 4.74. The van der Waals surface area contributed by atoms with Gasteiger partial charge in [0.2, 0.25) is 0 Å². The van der Waals surface area contributed by atoms with E-state index in [-0.39, 0.29) is 11.1 Å². The van der Waals surface area contributed by atoms with E-state index in [1.807, 2.05) is 0 Å². The second-order valence-corrected chi connectivity index (χ2v) is 7.19. The van der Waals surface area contributed by atoms with Crippen LogP contribution < -0.4 is 10.6 Å². The van der Waals surface area contributed by atoms with E-state index in [1.54, 1.807) is 0 Å². The lowest BCUT2D eigenvalue weighted by atomic mass is 9.96. The number of hydrogen-bond acceptors (Lipinski definition) is 4. The summed E-state index contributed by atoms with van der Waals surface area (Å²) in [4.78, 5) is 48.3. The lowest BCUT2D eigenvalue weighted by Gasteiger charge is -2.13. The molecule has 0 spiro atoms. The van der Waals surface area contributed by atoms with Crippen molar-refractivity contribution in [2.45, 2.75) is 65.2 Å². The summed E-state index contributed by atoms with van der Waals surface area (Å²) in [6, 6.07) is 1.94. The van der Waals surface area contributed by atoms with Gasteiger partial charge in [0.1, 0.15) is 0 Å². The monoisotopic (exact) mass is 420 g/mol. The Kier molecular flexibility index (Phi) is 11.2. The molecule has 0 fully saturated rings. The van der Waals surface area contributed by atoms with Gasteiger partial charge in [0.25, 0.3) is 11.8 Å². The second kappa shape index (κ2) is 13.3. The summed E-state index contributed by atoms with van der Waals surface area (Å²) in [5, 5.41) is 24.1. The molecular formula is C22H32N2O6. The highest BCUT2D eigenvalue weighted by Gasteiger charge is 2.25. The summed E-state index contributed by atoms with van der Waals surface area (Å²) in [6.45, 7) is 4.92. The Morgan fingerprint density at radius 1 is 0.633 bits per heavy atom. The Bertz CT molecular complexity index is 697. The van der Waals surface area contributed by atoms with Crippen LogP contribution >= 0.6 is 0 Å². The molecule has 0 saturated carbocycles. The van der Waals surface area contributed by atoms with Crippen molar-refractivity contribution in [2.75, 3.05) is 13.1 Å². The molecule has 0 unspecified atom stereocenters. The van der Waals surface area contributed by atoms with Gasteiger partial charge in [-0.25, -0.2) is 9.59 Å². The van der Waals surface area contributed by atoms with E-state index in [0.29, 0.717) is 13.1 Å². The van der Waals surface area contributed by atoms with Crippen LogP contribution in [0.1, 0.15) is 107 Å². The predicted octanol–water partition coefficient (Wildman–Crippen LogP) is 3.70. The lowest BCUT2D eigenvalue weighted by molar-refractivity contribution is 0.0651. The normalized spacial score (nSPS) is 10.5. The summed E-state index contributed by atoms with van der Waals surface area (Å²) < 4.78 is 0. The van der Waals surface area contributed by atoms with Crippen LogP contribution in [0.5, 0.6) is 0 Å². The minimum atomic E-state index is -1.48. The molecule has 0 aliphatic rings. The van der Waals surface area contributed by atoms with Crippen molar-refractivity contribution in [1.82, 2.24) is 10.6 Å². The smallest absolute Gasteiger partial charge is 0.336 e. The van der Waals surface area contributed by atoms with E-state index in [2.05, 4.69) is 24.5 Å². The van der Waals surface area contributed by atoms with Crippen LogP contribution in [0.3, 0.4) is 0 Å². The number of amides is 2. The van der Waals surface area contributed by atoms with Crippen LogP contribution in [0.2, 0.25) is 0 Å². The van der Waals surface area contributed by atoms with Crippen LogP contribution in [0.15, 0.2) is 12.1 Å². The number of nitrogens with one attached hydrogen (secondary N) is 2. The van der Waals surface area contributed by atoms with Crippen molar-refractivity contribution < 1.29 is 29.4 Å². The molecule has 0 atom stereocenters. The van der Waals surface area contributed by atoms with Crippen LogP contribution in [0, 0.1) is 0 Å². The Labute approximate surface area is 177 Å². The highest BCUT2D eigenvalue weighted by Crippen LogP contribution is 2.19. The molecule has 0 aromatic heterocycles. The molecule has 2 amide bonds. The fraction of sp³-hybridized carbons (Fsp3) is 0.545. The van der Waals surface area contributed by atoms with E-state index in [1.165, 1.54) is 0 Å². The summed E-state index contributed by atoms with van der Waals surface area (Å²) in [7, 11) is 0. The Morgan fingerprint density at radius 3 is 1.30 bits per heavy atom. The average Bonchev–Trinajstić information content (AvgIpc) is 2.71. The molecule has 0 radical (unpaired) electrons. The molecule has 4 N–H and O–H groups in total. The fourth-order valence-electron chi connectivity index (χ4n) is 3.03. The van der Waals surface area contributed by atoms with Crippen molar-refractivity contribution in [3.63, 3.8) is 0 Å². The molecule has 166 valence electrons. The number of rotatable bonds is 14. The largest absolute Gasteiger partial charge is 0.478 e. The number of benzene rings is 1. The molecule has 0 heterocycles. The Hall–Kier alpha value is -2.90. The van der Waals surface area contributed by atoms with Gasteiger partial charge in [0.05, 0.1) is 22.3 Å². The number of unbranched alkanes of at least 4 members (excludes halogenated alkanes) is 6. The first-order valence-corrected chi connectivity index (χ1v) is 10.5. The third-order valence-electron chi connectivity index (χ3n) is 4.74. The number of carbonyl (C=O) groups excluding carboxylic acids is 2. The average molecular weight is 421 g/mol. The summed E-state index contributed by atoms with van der Waals surface area (Å²) >= 11 is 0. The van der Waals surface area contributed by atoms with Gasteiger partial charge in [0.15, 0.2) is 0 Å². The molecule has 0 aliphatic heterocycles. The highest BCUT2D eigenvalue weighted by molar-refractivity contribution is 6.12. The molecule has 8 heteroatoms. The minimum Gasteiger partial charge on any atom is -0.478 e. The van der Waals surface area contributed by atoms with E-state index in [9.17, 15) is 29.4 Å². The van der Waals surface area contributed by atoms with Gasteiger partial charge in [-0.15, -0.1) is 0 Å². The summed E-state index contributed by atoms with van der Waals surface area (Å²) in [5.74, 6) is -4.14. The van der Waals surface area contributed by atoms with E-state index < -0.39 is 34.9 Å². The molecule has 0 bridgehead atoms. The van der Waals surface area contributed by atoms with E-state index in [4.69, 9.17) is 0 Å². The van der Waals surface area contributed by atoms with Crippen molar-refractivity contribution in [2.24, 2.45) is 0 Å². The maximum absolute atomic E-state index is 12.6. The first-order valence-electron chi connectivity index (χ1n) is 10.5. The SMILES string of the molecule is CCCCCCNC(=O)c1cc(C(=O)O)c(C(=O)O)cc1C(=O)NCCCCCC. The van der Waals surface area contributed by atoms with Gasteiger partial charge in [-0.05, 0) is 25.0 Å². The minimum absolute atomic E-state index is 0.140. The zero-order valence-corrected chi connectivity index (χ0v) is 17.8. The van der Waals surface area contributed by atoms with Crippen LogP contribution in [-0.2, 0) is 0 Å². The number of carboxylic acids is 2. The van der Waals surface area contributed by atoms with Crippen molar-refractivity contribution in [3.8, 4) is 0 Å². The standard InChI is InChI=1S/C22H32N2O6/c1-3-5-7-9-11-23-19(25)15-13-17(21(27)28)18(22(29)30)14-16(15)20(26)24-12-10-8-6-4-2/h13-14H,3-12H2,1-2H3,(H,23,25)(H,24,26)(H,27,28)(H,29,30). The zero-order valence-electron chi connectivity index (χ0n) is 17.8. The maximum Gasteiger partial charge on any atom is 0.336 e. The predicted molar refractivity (Wildman–Crippen MR) is 113 cm³/mol.